The van der Waals surface area contributed by atoms with Crippen molar-refractivity contribution in [3.63, 3.8) is 0 Å². The summed E-state index contributed by atoms with van der Waals surface area (Å²) in [5.74, 6) is 0.371. The van der Waals surface area contributed by atoms with Gasteiger partial charge in [0.2, 0.25) is 0 Å². The van der Waals surface area contributed by atoms with Crippen LogP contribution in [0.25, 0.3) is 5.70 Å². The summed E-state index contributed by atoms with van der Waals surface area (Å²) in [5.41, 5.74) is 5.41. The van der Waals surface area contributed by atoms with Gasteiger partial charge in [-0.1, -0.05) is 0 Å². The summed E-state index contributed by atoms with van der Waals surface area (Å²) in [4.78, 5) is 5.22. The van der Waals surface area contributed by atoms with Crippen molar-refractivity contribution in [2.24, 2.45) is 0 Å². The lowest BCUT2D eigenvalue weighted by atomic mass is 10.1. The first kappa shape index (κ1) is 10.5. The van der Waals surface area contributed by atoms with Gasteiger partial charge in [0, 0.05) is 11.1 Å². The van der Waals surface area contributed by atoms with Crippen molar-refractivity contribution in [1.82, 2.24) is 5.48 Å². The Labute approximate surface area is 93.1 Å². The monoisotopic (exact) mass is 221 g/mol. The fourth-order valence-electron chi connectivity index (χ4n) is 1.49. The number of nitrogens with one attached hydrogen (secondary N) is 1. The van der Waals surface area contributed by atoms with E-state index >= 15 is 0 Å². The van der Waals surface area contributed by atoms with E-state index in [4.69, 9.17) is 9.57 Å². The molecule has 0 bridgehead atoms. The number of halogens is 1. The highest BCUT2D eigenvalue weighted by Crippen LogP contribution is 2.27. The van der Waals surface area contributed by atoms with Crippen LogP contribution in [0.1, 0.15) is 12.5 Å². The third-order valence-corrected chi connectivity index (χ3v) is 2.37. The average molecular weight is 221 g/mol. The Kier molecular flexibility index (Phi) is 2.81. The number of hydrogen-bond acceptors (Lipinski definition) is 3. The van der Waals surface area contributed by atoms with E-state index in [-0.39, 0.29) is 5.82 Å². The fraction of sp³-hybridized carbons (Fsp3) is 0.167. The van der Waals surface area contributed by atoms with Crippen LogP contribution in [0.5, 0.6) is 0 Å². The molecule has 0 saturated heterocycles. The largest absolute Gasteiger partial charge is 0.500 e. The SMILES string of the molecule is COC=C1ONC(c2ccc(F)cc2)=C1C. The van der Waals surface area contributed by atoms with Crippen molar-refractivity contribution in [2.45, 2.75) is 6.92 Å². The third kappa shape index (κ3) is 1.86. The summed E-state index contributed by atoms with van der Waals surface area (Å²) in [6.07, 6.45) is 1.51. The molecule has 0 atom stereocenters. The minimum absolute atomic E-state index is 0.256. The van der Waals surface area contributed by atoms with Gasteiger partial charge >= 0.3 is 0 Å². The maximum absolute atomic E-state index is 12.8. The lowest BCUT2D eigenvalue weighted by Crippen LogP contribution is -2.04. The van der Waals surface area contributed by atoms with Gasteiger partial charge in [0.05, 0.1) is 12.8 Å². The van der Waals surface area contributed by atoms with Crippen molar-refractivity contribution in [3.8, 4) is 0 Å². The standard InChI is InChI=1S/C12H12FNO2/c1-8-11(7-15-2)16-14-12(8)9-3-5-10(13)6-4-9/h3-7,14H,1-2H3. The Morgan fingerprint density at radius 2 is 2.00 bits per heavy atom. The van der Waals surface area contributed by atoms with Crippen molar-refractivity contribution in [2.75, 3.05) is 7.11 Å². The predicted molar refractivity (Wildman–Crippen MR) is 58.3 cm³/mol. The van der Waals surface area contributed by atoms with Crippen LogP contribution in [0.15, 0.2) is 41.9 Å². The highest BCUT2D eigenvalue weighted by Gasteiger charge is 2.19. The molecule has 84 valence electrons. The van der Waals surface area contributed by atoms with Crippen LogP contribution >= 0.6 is 0 Å². The summed E-state index contributed by atoms with van der Waals surface area (Å²) < 4.78 is 17.6. The molecule has 0 unspecified atom stereocenters. The summed E-state index contributed by atoms with van der Waals surface area (Å²) in [6.45, 7) is 1.91. The van der Waals surface area contributed by atoms with Crippen LogP contribution in [0.4, 0.5) is 4.39 Å². The zero-order valence-electron chi connectivity index (χ0n) is 9.08. The van der Waals surface area contributed by atoms with Gasteiger partial charge in [0.1, 0.15) is 12.1 Å². The molecule has 1 aliphatic rings. The van der Waals surface area contributed by atoms with Crippen molar-refractivity contribution in [1.29, 1.82) is 0 Å². The molecule has 1 aromatic carbocycles. The molecule has 0 radical (unpaired) electrons. The van der Waals surface area contributed by atoms with E-state index in [1.165, 1.54) is 18.4 Å². The molecule has 1 aliphatic heterocycles. The molecule has 1 aromatic rings. The zero-order valence-corrected chi connectivity index (χ0v) is 9.08. The van der Waals surface area contributed by atoms with Crippen molar-refractivity contribution in [3.05, 3.63) is 53.2 Å². The Hall–Kier alpha value is -1.97. The maximum Gasteiger partial charge on any atom is 0.194 e. The van der Waals surface area contributed by atoms with Crippen LogP contribution in [-0.4, -0.2) is 7.11 Å². The van der Waals surface area contributed by atoms with E-state index in [9.17, 15) is 4.39 Å². The highest BCUT2D eigenvalue weighted by atomic mass is 19.1. The molecule has 4 heteroatoms. The minimum Gasteiger partial charge on any atom is -0.500 e. The second-order valence-electron chi connectivity index (χ2n) is 3.43. The topological polar surface area (TPSA) is 30.5 Å². The molecule has 0 aliphatic carbocycles. The van der Waals surface area contributed by atoms with E-state index in [0.717, 1.165) is 16.8 Å². The zero-order chi connectivity index (χ0) is 11.5. The molecule has 0 spiro atoms. The molecule has 0 amide bonds. The minimum atomic E-state index is -0.256. The molecule has 16 heavy (non-hydrogen) atoms. The van der Waals surface area contributed by atoms with E-state index in [1.807, 2.05) is 6.92 Å². The predicted octanol–water partition coefficient (Wildman–Crippen LogP) is 2.58. The first-order chi connectivity index (χ1) is 7.72. The van der Waals surface area contributed by atoms with Gasteiger partial charge in [-0.25, -0.2) is 9.87 Å². The molecule has 3 nitrogen and oxygen atoms in total. The highest BCUT2D eigenvalue weighted by molar-refractivity contribution is 5.71. The average Bonchev–Trinajstić information content (AvgIpc) is 2.63. The molecule has 1 heterocycles. The van der Waals surface area contributed by atoms with Gasteiger partial charge in [-0.2, -0.15) is 0 Å². The van der Waals surface area contributed by atoms with Crippen LogP contribution in [-0.2, 0) is 9.57 Å². The number of methoxy groups -OCH3 is 1. The van der Waals surface area contributed by atoms with Gasteiger partial charge in [-0.05, 0) is 31.2 Å². The van der Waals surface area contributed by atoms with Crippen LogP contribution in [0.2, 0.25) is 0 Å². The molecular formula is C12H12FNO2. The van der Waals surface area contributed by atoms with Crippen LogP contribution in [0.3, 0.4) is 0 Å². The molecule has 0 aromatic heterocycles. The second-order valence-corrected chi connectivity index (χ2v) is 3.43. The van der Waals surface area contributed by atoms with Crippen LogP contribution in [0, 0.1) is 5.82 Å². The smallest absolute Gasteiger partial charge is 0.194 e. The Bertz CT molecular complexity index is 449. The van der Waals surface area contributed by atoms with Gasteiger partial charge in [-0.3, -0.25) is 0 Å². The van der Waals surface area contributed by atoms with Gasteiger partial charge in [-0.15, -0.1) is 0 Å². The number of hydroxylamine groups is 1. The molecule has 0 fully saturated rings. The molecule has 2 rings (SSSR count). The number of rotatable bonds is 2. The second kappa shape index (κ2) is 4.26. The number of hydrogen-bond donors (Lipinski definition) is 1. The molecular weight excluding hydrogens is 209 g/mol. The molecule has 1 N–H and O–H groups in total. The van der Waals surface area contributed by atoms with E-state index in [2.05, 4.69) is 5.48 Å². The number of ether oxygens (including phenoxy) is 1. The van der Waals surface area contributed by atoms with Crippen molar-refractivity contribution < 1.29 is 14.0 Å². The fourth-order valence-corrected chi connectivity index (χ4v) is 1.49. The van der Waals surface area contributed by atoms with E-state index < -0.39 is 0 Å². The lowest BCUT2D eigenvalue weighted by molar-refractivity contribution is 0.161. The normalized spacial score (nSPS) is 17.3. The number of allylic oxidation sites excluding steroid dienone is 1. The Morgan fingerprint density at radius 1 is 1.31 bits per heavy atom. The quantitative estimate of drug-likeness (QED) is 0.778. The Morgan fingerprint density at radius 3 is 2.62 bits per heavy atom. The first-order valence-corrected chi connectivity index (χ1v) is 4.85. The summed E-state index contributed by atoms with van der Waals surface area (Å²) in [7, 11) is 1.56. The first-order valence-electron chi connectivity index (χ1n) is 4.85. The summed E-state index contributed by atoms with van der Waals surface area (Å²) in [5, 5.41) is 0. The van der Waals surface area contributed by atoms with Gasteiger partial charge < -0.3 is 9.57 Å². The van der Waals surface area contributed by atoms with E-state index in [0.29, 0.717) is 5.76 Å². The summed E-state index contributed by atoms with van der Waals surface area (Å²) in [6, 6.07) is 6.21. The molecule has 0 saturated carbocycles. The van der Waals surface area contributed by atoms with Gasteiger partial charge in [0.25, 0.3) is 0 Å². The third-order valence-electron chi connectivity index (χ3n) is 2.37. The van der Waals surface area contributed by atoms with Crippen LogP contribution < -0.4 is 5.48 Å². The van der Waals surface area contributed by atoms with E-state index in [1.54, 1.807) is 19.2 Å². The van der Waals surface area contributed by atoms with Crippen molar-refractivity contribution >= 4 is 5.70 Å². The Balaban J connectivity index is 2.35. The van der Waals surface area contributed by atoms with Gasteiger partial charge in [0.15, 0.2) is 5.76 Å². The summed E-state index contributed by atoms with van der Waals surface area (Å²) >= 11 is 0. The number of benzene rings is 1. The lowest BCUT2D eigenvalue weighted by Gasteiger charge is -2.02. The maximum atomic E-state index is 12.8.